The molecule has 0 aromatic heterocycles. The first-order valence-electron chi connectivity index (χ1n) is 18.9. The molecule has 0 unspecified atom stereocenters. The van der Waals surface area contributed by atoms with Gasteiger partial charge >= 0.3 is 38.3 Å². The SMILES string of the molecule is [C-]#[O+].[CH-]=Cc1cc(C)cc(C=Nc2ccc(Cl)cc2)c1O.[Cl][Ru+].c1ccc(P(c2ccccc2)c2ccccc2)cc1.c1ccc(P(c2ccccc2)c2ccccc2)cc1. The van der Waals surface area contributed by atoms with Gasteiger partial charge in [0.05, 0.1) is 11.4 Å². The number of aliphatic imine (C=N–C) groups is 1. The van der Waals surface area contributed by atoms with E-state index in [0.717, 1.165) is 11.3 Å². The van der Waals surface area contributed by atoms with Crippen molar-refractivity contribution in [2.24, 2.45) is 4.99 Å². The number of halogens is 2. The number of nitrogens with zero attached hydrogens (tertiary/aromatic N) is 1. The number of phenols is 1. The van der Waals surface area contributed by atoms with Crippen LogP contribution in [0.1, 0.15) is 16.7 Å². The third kappa shape index (κ3) is 15.3. The van der Waals surface area contributed by atoms with Crippen LogP contribution in [0.25, 0.3) is 6.08 Å². The summed E-state index contributed by atoms with van der Waals surface area (Å²) < 4.78 is 7.50. The Bertz CT molecular complexity index is 2190. The molecule has 8 rings (SSSR count). The second kappa shape index (κ2) is 27.6. The van der Waals surface area contributed by atoms with Crippen LogP contribution in [0.3, 0.4) is 0 Å². The maximum absolute atomic E-state index is 10.0. The minimum atomic E-state index is -0.446. The van der Waals surface area contributed by atoms with E-state index in [1.807, 2.05) is 48.5 Å². The molecule has 0 heterocycles. The Kier molecular flexibility index (Phi) is 21.9. The van der Waals surface area contributed by atoms with Gasteiger partial charge in [0.1, 0.15) is 0 Å². The molecule has 3 nitrogen and oxygen atoms in total. The minimum Gasteiger partial charge on any atom is -0.0622 e. The largest absolute Gasteiger partial charge is 0.0622 e. The molecule has 1 N–H and O–H groups in total. The fraction of sp³-hybridized carbons (Fsp3) is 0.0189. The monoisotopic (exact) mass is 959 g/mol. The first-order chi connectivity index (χ1) is 30.0. The average molecular weight is 960 g/mol. The smallest absolute Gasteiger partial charge is 0.0134 e. The number of phenolic OH excluding ortho intramolecular Hbond substituents is 1. The van der Waals surface area contributed by atoms with E-state index in [1.165, 1.54) is 37.9 Å². The van der Waals surface area contributed by atoms with E-state index < -0.39 is 15.8 Å². The summed E-state index contributed by atoms with van der Waals surface area (Å²) in [5.74, 6) is 0.130. The van der Waals surface area contributed by atoms with E-state index >= 15 is 0 Å². The van der Waals surface area contributed by atoms with Crippen molar-refractivity contribution in [1.29, 1.82) is 0 Å². The van der Waals surface area contributed by atoms with Gasteiger partial charge in [0.15, 0.2) is 0 Å². The molecule has 0 spiro atoms. The molecule has 0 saturated carbocycles. The van der Waals surface area contributed by atoms with Crippen molar-refractivity contribution in [3.05, 3.63) is 253 Å². The molecular weight excluding hydrogens is 917 g/mol. The van der Waals surface area contributed by atoms with Crippen molar-refractivity contribution in [2.45, 2.75) is 6.92 Å². The second-order valence-corrected chi connectivity index (χ2v) is 17.8. The maximum atomic E-state index is 10.0. The third-order valence-corrected chi connectivity index (χ3v) is 13.9. The van der Waals surface area contributed by atoms with Gasteiger partial charge < -0.3 is 5.11 Å². The molecule has 0 amide bonds. The zero-order valence-corrected chi connectivity index (χ0v) is 38.4. The summed E-state index contributed by atoms with van der Waals surface area (Å²) in [5.41, 5.74) is 3.00. The molecule has 0 aliphatic carbocycles. The summed E-state index contributed by atoms with van der Waals surface area (Å²) in [4.78, 5) is 4.30. The minimum absolute atomic E-state index is 0.130. The number of rotatable bonds is 9. The van der Waals surface area contributed by atoms with Crippen molar-refractivity contribution in [2.75, 3.05) is 0 Å². The van der Waals surface area contributed by atoms with Crippen LogP contribution in [0.15, 0.2) is 223 Å². The van der Waals surface area contributed by atoms with Gasteiger partial charge in [-0.25, -0.2) is 6.08 Å². The predicted molar refractivity (Wildman–Crippen MR) is 260 cm³/mol. The topological polar surface area (TPSA) is 52.5 Å². The van der Waals surface area contributed by atoms with Gasteiger partial charge in [-0.05, 0) is 84.9 Å². The molecule has 304 valence electrons. The van der Waals surface area contributed by atoms with Gasteiger partial charge in [-0.3, -0.25) is 11.6 Å². The summed E-state index contributed by atoms with van der Waals surface area (Å²) in [6.45, 7) is 11.9. The molecule has 0 aliphatic heterocycles. The van der Waals surface area contributed by atoms with Crippen molar-refractivity contribution in [3.63, 3.8) is 0 Å². The Labute approximate surface area is 382 Å². The molecule has 8 heteroatoms. The Balaban J connectivity index is 0.000000193. The summed E-state index contributed by atoms with van der Waals surface area (Å²) in [5, 5.41) is 19.1. The van der Waals surface area contributed by atoms with Crippen LogP contribution in [0.2, 0.25) is 5.02 Å². The van der Waals surface area contributed by atoms with E-state index in [9.17, 15) is 5.11 Å². The van der Waals surface area contributed by atoms with Crippen molar-refractivity contribution >= 4 is 86.9 Å². The number of hydrogen-bond donors (Lipinski definition) is 1. The van der Waals surface area contributed by atoms with Crippen LogP contribution < -0.4 is 31.8 Å². The van der Waals surface area contributed by atoms with Gasteiger partial charge in [0, 0.05) is 16.8 Å². The fourth-order valence-electron chi connectivity index (χ4n) is 6.09. The second-order valence-electron chi connectivity index (χ2n) is 12.9. The van der Waals surface area contributed by atoms with Crippen LogP contribution in [0.4, 0.5) is 5.69 Å². The molecule has 0 bridgehead atoms. The maximum Gasteiger partial charge on any atom is -0.0134 e. The van der Waals surface area contributed by atoms with E-state index in [-0.39, 0.29) is 5.75 Å². The zero-order chi connectivity index (χ0) is 43.7. The van der Waals surface area contributed by atoms with Gasteiger partial charge in [0.25, 0.3) is 0 Å². The Morgan fingerprint density at radius 2 is 0.787 bits per heavy atom. The molecule has 0 saturated heterocycles. The Morgan fingerprint density at radius 1 is 0.508 bits per heavy atom. The number of benzene rings is 8. The normalized spacial score (nSPS) is 10.1. The molecule has 0 fully saturated rings. The van der Waals surface area contributed by atoms with Crippen LogP contribution in [-0.4, -0.2) is 11.3 Å². The van der Waals surface area contributed by atoms with E-state index in [2.05, 4.69) is 203 Å². The van der Waals surface area contributed by atoms with Crippen molar-refractivity contribution < 1.29 is 27.1 Å². The zero-order valence-electron chi connectivity index (χ0n) is 33.3. The van der Waals surface area contributed by atoms with Crippen LogP contribution in [0.5, 0.6) is 5.75 Å². The summed E-state index contributed by atoms with van der Waals surface area (Å²) in [6.07, 6.45) is 2.99. The van der Waals surface area contributed by atoms with Crippen molar-refractivity contribution in [1.82, 2.24) is 0 Å². The molecule has 0 atom stereocenters. The summed E-state index contributed by atoms with van der Waals surface area (Å²) in [6, 6.07) is 75.5. The standard InChI is InChI=1S/2C18H15P.C16H13ClNO.CO.ClH.Ru/c2*1-4-10-16(11-5-1)19(17-12-6-2-7-13-17)18-14-8-3-9-15-18;1-3-12-8-11(2)9-13(16(12)19)10-18-15-6-4-14(17)5-7-15;1-2;;/h2*1-15H;1,3-10,19H,2H3;;1H;/q;;-1;;;+2/p-1. The van der Waals surface area contributed by atoms with Crippen LogP contribution in [0, 0.1) is 20.2 Å². The Hall–Kier alpha value is -5.23. The number of aromatic hydroxyl groups is 1. The summed E-state index contributed by atoms with van der Waals surface area (Å²) in [7, 11) is 3.68. The summed E-state index contributed by atoms with van der Waals surface area (Å²) >= 11 is 7.63. The van der Waals surface area contributed by atoms with Gasteiger partial charge in [-0.15, -0.1) is 11.6 Å². The van der Waals surface area contributed by atoms with Gasteiger partial charge in [0.2, 0.25) is 0 Å². The fourth-order valence-corrected chi connectivity index (χ4v) is 10.8. The Morgan fingerprint density at radius 3 is 1.07 bits per heavy atom. The first-order valence-corrected chi connectivity index (χ1v) is 24.2. The quantitative estimate of drug-likeness (QED) is 0.0506. The van der Waals surface area contributed by atoms with E-state index in [0.29, 0.717) is 16.1 Å². The van der Waals surface area contributed by atoms with Gasteiger partial charge in [-0.1, -0.05) is 199 Å². The molecular formula is C53H43Cl2NO2P2Ru. The molecule has 0 radical (unpaired) electrons. The van der Waals surface area contributed by atoms with E-state index in [1.54, 1.807) is 18.3 Å². The molecule has 0 aliphatic rings. The molecule has 8 aromatic rings. The third-order valence-electron chi connectivity index (χ3n) is 8.76. The van der Waals surface area contributed by atoms with Crippen LogP contribution >= 0.6 is 37.1 Å². The molecule has 8 aromatic carbocycles. The number of aryl methyl sites for hydroxylation is 1. The van der Waals surface area contributed by atoms with Gasteiger partial charge in [-0.2, -0.15) is 0 Å². The molecule has 61 heavy (non-hydrogen) atoms. The van der Waals surface area contributed by atoms with Crippen LogP contribution in [-0.2, 0) is 22.0 Å². The number of hydrogen-bond acceptors (Lipinski definition) is 2. The first kappa shape index (κ1) is 48.4. The van der Waals surface area contributed by atoms with E-state index in [4.69, 9.17) is 22.8 Å². The van der Waals surface area contributed by atoms with Crippen molar-refractivity contribution in [3.8, 4) is 5.75 Å². The predicted octanol–water partition coefficient (Wildman–Crippen LogP) is 12.1. The average Bonchev–Trinajstić information content (AvgIpc) is 3.34.